The van der Waals surface area contributed by atoms with E-state index >= 15 is 0 Å². The fourth-order valence-corrected chi connectivity index (χ4v) is 4.95. The minimum absolute atomic E-state index is 0.158. The number of ether oxygens (including phenoxy) is 1. The Morgan fingerprint density at radius 3 is 2.73 bits per heavy atom. The van der Waals surface area contributed by atoms with Gasteiger partial charge in [0.2, 0.25) is 0 Å². The zero-order valence-corrected chi connectivity index (χ0v) is 17.8. The molecule has 30 heavy (non-hydrogen) atoms. The van der Waals surface area contributed by atoms with Gasteiger partial charge in [-0.15, -0.1) is 0 Å². The predicted molar refractivity (Wildman–Crippen MR) is 120 cm³/mol. The molecule has 0 bridgehead atoms. The summed E-state index contributed by atoms with van der Waals surface area (Å²) in [5, 5.41) is 6.83. The Hall–Kier alpha value is -2.37. The van der Waals surface area contributed by atoms with Gasteiger partial charge in [0.05, 0.1) is 0 Å². The molecule has 0 aromatic heterocycles. The standard InChI is InChI=1S/C25H33N3O2/c1-2-22-23-11-7-6-8-19(23)12-13-24(22)26-15-17-28-16-14-20(18-28)27-25(29)30-21-9-4-3-5-10-21/h3-11,20,22,24,26H,2,12-18H2,1H3,(H,27,29). The Kier molecular flexibility index (Phi) is 7.03. The summed E-state index contributed by atoms with van der Waals surface area (Å²) in [5.74, 6) is 1.18. The molecule has 3 atom stereocenters. The smallest absolute Gasteiger partial charge is 0.410 e. The zero-order valence-electron chi connectivity index (χ0n) is 17.8. The van der Waals surface area contributed by atoms with Gasteiger partial charge in [-0.1, -0.05) is 49.4 Å². The number of benzene rings is 2. The number of amides is 1. The van der Waals surface area contributed by atoms with Crippen LogP contribution in [0.2, 0.25) is 0 Å². The highest BCUT2D eigenvalue weighted by Crippen LogP contribution is 2.33. The van der Waals surface area contributed by atoms with Gasteiger partial charge in [-0.25, -0.2) is 4.79 Å². The highest BCUT2D eigenvalue weighted by Gasteiger charge is 2.28. The van der Waals surface area contributed by atoms with Crippen LogP contribution in [0.3, 0.4) is 0 Å². The monoisotopic (exact) mass is 407 g/mol. The summed E-state index contributed by atoms with van der Waals surface area (Å²) >= 11 is 0. The van der Waals surface area contributed by atoms with Crippen LogP contribution in [0.1, 0.15) is 43.2 Å². The molecule has 0 spiro atoms. The number of hydrogen-bond acceptors (Lipinski definition) is 4. The number of nitrogens with one attached hydrogen (secondary N) is 2. The van der Waals surface area contributed by atoms with Crippen molar-refractivity contribution in [1.82, 2.24) is 15.5 Å². The van der Waals surface area contributed by atoms with Gasteiger partial charge in [-0.05, 0) is 54.9 Å². The first-order valence-corrected chi connectivity index (χ1v) is 11.3. The van der Waals surface area contributed by atoms with Crippen molar-refractivity contribution in [3.63, 3.8) is 0 Å². The normalized spacial score (nSPS) is 23.7. The van der Waals surface area contributed by atoms with E-state index in [1.54, 1.807) is 12.1 Å². The van der Waals surface area contributed by atoms with Crippen molar-refractivity contribution in [2.75, 3.05) is 26.2 Å². The van der Waals surface area contributed by atoms with Gasteiger partial charge < -0.3 is 15.4 Å². The number of hydrogen-bond donors (Lipinski definition) is 2. The van der Waals surface area contributed by atoms with Crippen molar-refractivity contribution in [2.24, 2.45) is 0 Å². The molecule has 1 aliphatic heterocycles. The molecule has 3 unspecified atom stereocenters. The topological polar surface area (TPSA) is 53.6 Å². The second kappa shape index (κ2) is 10.1. The van der Waals surface area contributed by atoms with Crippen molar-refractivity contribution in [2.45, 2.75) is 50.6 Å². The van der Waals surface area contributed by atoms with E-state index in [2.05, 4.69) is 46.7 Å². The molecule has 1 saturated heterocycles. The van der Waals surface area contributed by atoms with Crippen molar-refractivity contribution in [1.29, 1.82) is 0 Å². The molecule has 2 N–H and O–H groups in total. The number of carbonyl (C=O) groups is 1. The molecule has 4 rings (SSSR count). The fraction of sp³-hybridized carbons (Fsp3) is 0.480. The Labute approximate surface area is 179 Å². The molecule has 1 aliphatic carbocycles. The lowest BCUT2D eigenvalue weighted by atomic mass is 9.78. The fourth-order valence-electron chi connectivity index (χ4n) is 4.95. The average molecular weight is 408 g/mol. The lowest BCUT2D eigenvalue weighted by molar-refractivity contribution is 0.195. The predicted octanol–water partition coefficient (Wildman–Crippen LogP) is 3.95. The molecular weight excluding hydrogens is 374 g/mol. The summed E-state index contributed by atoms with van der Waals surface area (Å²) in [4.78, 5) is 14.5. The number of likely N-dealkylation sites (tertiary alicyclic amines) is 1. The minimum Gasteiger partial charge on any atom is -0.410 e. The second-order valence-corrected chi connectivity index (χ2v) is 8.45. The van der Waals surface area contributed by atoms with Gasteiger partial charge in [0.15, 0.2) is 0 Å². The summed E-state index contributed by atoms with van der Waals surface area (Å²) in [6.45, 7) is 6.21. The van der Waals surface area contributed by atoms with Crippen LogP contribution >= 0.6 is 0 Å². The first-order chi connectivity index (χ1) is 14.7. The third-order valence-electron chi connectivity index (χ3n) is 6.49. The maximum absolute atomic E-state index is 12.1. The molecule has 5 nitrogen and oxygen atoms in total. The summed E-state index contributed by atoms with van der Waals surface area (Å²) in [6.07, 6.45) is 4.17. The van der Waals surface area contributed by atoms with E-state index in [1.165, 1.54) is 30.4 Å². The molecule has 2 aromatic carbocycles. The quantitative estimate of drug-likeness (QED) is 0.730. The SMILES string of the molecule is CCC1c2ccccc2CCC1NCCN1CCC(NC(=O)Oc2ccccc2)C1. The third-order valence-corrected chi connectivity index (χ3v) is 6.49. The number of fused-ring (bicyclic) bond motifs is 1. The maximum Gasteiger partial charge on any atom is 0.412 e. The van der Waals surface area contributed by atoms with Crippen LogP contribution in [-0.2, 0) is 6.42 Å². The highest BCUT2D eigenvalue weighted by atomic mass is 16.6. The summed E-state index contributed by atoms with van der Waals surface area (Å²) in [5.41, 5.74) is 3.06. The third kappa shape index (κ3) is 5.21. The van der Waals surface area contributed by atoms with Crippen molar-refractivity contribution < 1.29 is 9.53 Å². The zero-order chi connectivity index (χ0) is 20.8. The van der Waals surface area contributed by atoms with Crippen LogP contribution in [0, 0.1) is 0 Å². The summed E-state index contributed by atoms with van der Waals surface area (Å²) in [6, 6.07) is 18.9. The molecule has 160 valence electrons. The largest absolute Gasteiger partial charge is 0.412 e. The van der Waals surface area contributed by atoms with Crippen molar-refractivity contribution >= 4 is 6.09 Å². The van der Waals surface area contributed by atoms with Crippen LogP contribution in [0.4, 0.5) is 4.79 Å². The van der Waals surface area contributed by atoms with E-state index < -0.39 is 0 Å². The van der Waals surface area contributed by atoms with E-state index in [9.17, 15) is 4.79 Å². The Balaban J connectivity index is 1.19. The number of aryl methyl sites for hydroxylation is 1. The number of rotatable bonds is 7. The molecule has 2 aromatic rings. The van der Waals surface area contributed by atoms with E-state index in [-0.39, 0.29) is 12.1 Å². The number of nitrogens with zero attached hydrogens (tertiary/aromatic N) is 1. The molecule has 1 amide bonds. The Morgan fingerprint density at radius 2 is 1.90 bits per heavy atom. The van der Waals surface area contributed by atoms with Crippen molar-refractivity contribution in [3.8, 4) is 5.75 Å². The van der Waals surface area contributed by atoms with Gasteiger partial charge in [0.25, 0.3) is 0 Å². The van der Waals surface area contributed by atoms with Gasteiger partial charge in [-0.3, -0.25) is 4.90 Å². The Morgan fingerprint density at radius 1 is 1.10 bits per heavy atom. The number of carbonyl (C=O) groups excluding carboxylic acids is 1. The molecule has 1 heterocycles. The van der Waals surface area contributed by atoms with Crippen LogP contribution in [0.25, 0.3) is 0 Å². The second-order valence-electron chi connectivity index (χ2n) is 8.45. The van der Waals surface area contributed by atoms with E-state index in [1.807, 2.05) is 18.2 Å². The van der Waals surface area contributed by atoms with E-state index in [0.717, 1.165) is 32.6 Å². The van der Waals surface area contributed by atoms with E-state index in [4.69, 9.17) is 4.74 Å². The molecule has 5 heteroatoms. The average Bonchev–Trinajstić information content (AvgIpc) is 3.21. The molecule has 1 fully saturated rings. The molecule has 0 saturated carbocycles. The first kappa shape index (κ1) is 20.9. The summed E-state index contributed by atoms with van der Waals surface area (Å²) < 4.78 is 5.34. The lowest BCUT2D eigenvalue weighted by Gasteiger charge is -2.34. The number of para-hydroxylation sites is 1. The van der Waals surface area contributed by atoms with Gasteiger partial charge in [-0.2, -0.15) is 0 Å². The molecular formula is C25H33N3O2. The van der Waals surface area contributed by atoms with Gasteiger partial charge >= 0.3 is 6.09 Å². The maximum atomic E-state index is 12.1. The lowest BCUT2D eigenvalue weighted by Crippen LogP contribution is -2.43. The van der Waals surface area contributed by atoms with Crippen LogP contribution in [0.5, 0.6) is 5.75 Å². The minimum atomic E-state index is -0.363. The first-order valence-electron chi connectivity index (χ1n) is 11.3. The molecule has 0 radical (unpaired) electrons. The van der Waals surface area contributed by atoms with Crippen molar-refractivity contribution in [3.05, 3.63) is 65.7 Å². The van der Waals surface area contributed by atoms with E-state index in [0.29, 0.717) is 17.7 Å². The summed E-state index contributed by atoms with van der Waals surface area (Å²) in [7, 11) is 0. The highest BCUT2D eigenvalue weighted by molar-refractivity contribution is 5.70. The van der Waals surface area contributed by atoms with Gasteiger partial charge in [0.1, 0.15) is 5.75 Å². The van der Waals surface area contributed by atoms with Gasteiger partial charge in [0, 0.05) is 38.3 Å². The van der Waals surface area contributed by atoms with Crippen LogP contribution < -0.4 is 15.4 Å². The molecule has 2 aliphatic rings. The van der Waals surface area contributed by atoms with Crippen LogP contribution in [0.15, 0.2) is 54.6 Å². The Bertz CT molecular complexity index is 826. The van der Waals surface area contributed by atoms with Crippen LogP contribution in [-0.4, -0.2) is 49.3 Å².